The van der Waals surface area contributed by atoms with Crippen molar-refractivity contribution in [2.24, 2.45) is 9.98 Å². The van der Waals surface area contributed by atoms with Crippen LogP contribution in [0.15, 0.2) is 178 Å². The Bertz CT molecular complexity index is 3440. The molecule has 0 fully saturated rings. The second-order valence-corrected chi connectivity index (χ2v) is 16.3. The maximum atomic E-state index is 6.57. The number of hydrogen-bond acceptors (Lipinski definition) is 6. The number of amidine groups is 2. The molecule has 1 atom stereocenters. The number of rotatable bonds is 4. The van der Waals surface area contributed by atoms with Crippen LogP contribution in [0.2, 0.25) is 0 Å². The minimum atomic E-state index is -0.483. The first kappa shape index (κ1) is 30.8. The first-order valence-electron chi connectivity index (χ1n) is 18.4. The largest absolute Gasteiger partial charge is 0.456 e. The molecule has 0 radical (unpaired) electrons. The molecule has 3 aromatic heterocycles. The fourth-order valence-corrected chi connectivity index (χ4v) is 10.7. The molecule has 4 heterocycles. The van der Waals surface area contributed by atoms with E-state index in [9.17, 15) is 0 Å². The number of nitrogens with zero attached hydrogens (tertiary/aromatic N) is 2. The van der Waals surface area contributed by atoms with E-state index in [1.807, 2.05) is 28.7 Å². The highest BCUT2D eigenvalue weighted by Gasteiger charge is 2.29. The Kier molecular flexibility index (Phi) is 6.70. The minimum Gasteiger partial charge on any atom is -0.456 e. The fourth-order valence-electron chi connectivity index (χ4n) is 8.44. The molecule has 0 saturated carbocycles. The normalized spacial score (nSPS) is 14.7. The van der Waals surface area contributed by atoms with Crippen LogP contribution in [0.4, 0.5) is 0 Å². The van der Waals surface area contributed by atoms with Crippen molar-refractivity contribution in [2.75, 3.05) is 0 Å². The molecular weight excluding hydrogens is 711 g/mol. The Morgan fingerprint density at radius 3 is 2.09 bits per heavy atom. The van der Waals surface area contributed by atoms with Gasteiger partial charge in [0.2, 0.25) is 0 Å². The van der Waals surface area contributed by atoms with E-state index in [0.29, 0.717) is 5.84 Å². The van der Waals surface area contributed by atoms with Crippen molar-refractivity contribution in [3.05, 3.63) is 180 Å². The zero-order valence-corrected chi connectivity index (χ0v) is 30.9. The molecule has 0 saturated heterocycles. The van der Waals surface area contributed by atoms with Crippen molar-refractivity contribution in [2.45, 2.75) is 6.17 Å². The minimum absolute atomic E-state index is 0.483. The monoisotopic (exact) mass is 739 g/mol. The van der Waals surface area contributed by atoms with E-state index in [0.717, 1.165) is 55.4 Å². The lowest BCUT2D eigenvalue weighted by atomic mass is 9.90. The van der Waals surface area contributed by atoms with E-state index in [1.165, 1.54) is 51.3 Å². The second kappa shape index (κ2) is 12.0. The quantitative estimate of drug-likeness (QED) is 0.195. The molecule has 0 bridgehead atoms. The molecule has 258 valence electrons. The molecule has 6 heteroatoms. The first-order valence-corrected chi connectivity index (χ1v) is 20.1. The molecule has 1 N–H and O–H groups in total. The number of furan rings is 1. The van der Waals surface area contributed by atoms with Gasteiger partial charge in [0.05, 0.1) is 0 Å². The van der Waals surface area contributed by atoms with Crippen LogP contribution in [-0.4, -0.2) is 11.7 Å². The van der Waals surface area contributed by atoms with Crippen LogP contribution in [0.25, 0.3) is 84.2 Å². The Hall–Kier alpha value is -6.60. The molecule has 0 aliphatic carbocycles. The SMILES string of the molecule is c1ccc2cc(C3=NC(c4c(-c5cccc6sc7ccccc7c56)ccc5oc6ccccc6c45)NC(c4ccc5sc6ccccc6c5c4)=N3)ccc2c1. The fraction of sp³-hybridized carbons (Fsp3) is 0.0204. The molecule has 0 amide bonds. The van der Waals surface area contributed by atoms with Gasteiger partial charge in [-0.1, -0.05) is 109 Å². The van der Waals surface area contributed by atoms with Crippen molar-refractivity contribution in [3.63, 3.8) is 0 Å². The van der Waals surface area contributed by atoms with Crippen LogP contribution < -0.4 is 5.32 Å². The predicted molar refractivity (Wildman–Crippen MR) is 234 cm³/mol. The van der Waals surface area contributed by atoms with E-state index in [4.69, 9.17) is 14.4 Å². The van der Waals surface area contributed by atoms with Gasteiger partial charge in [0.1, 0.15) is 23.2 Å². The van der Waals surface area contributed by atoms with Gasteiger partial charge in [-0.2, -0.15) is 0 Å². The Morgan fingerprint density at radius 2 is 1.18 bits per heavy atom. The molecule has 11 aromatic rings. The van der Waals surface area contributed by atoms with Gasteiger partial charge in [-0.15, -0.1) is 22.7 Å². The van der Waals surface area contributed by atoms with Crippen LogP contribution in [0.3, 0.4) is 0 Å². The maximum Gasteiger partial charge on any atom is 0.159 e. The predicted octanol–water partition coefficient (Wildman–Crippen LogP) is 13.6. The average molecular weight is 740 g/mol. The second-order valence-electron chi connectivity index (χ2n) is 14.1. The number of fused-ring (bicyclic) bond motifs is 10. The molecule has 12 rings (SSSR count). The third-order valence-corrected chi connectivity index (χ3v) is 13.2. The van der Waals surface area contributed by atoms with Crippen molar-refractivity contribution >= 4 is 107 Å². The highest BCUT2D eigenvalue weighted by atomic mass is 32.1. The van der Waals surface area contributed by atoms with E-state index in [1.54, 1.807) is 0 Å². The first-order chi connectivity index (χ1) is 27.2. The third kappa shape index (κ3) is 4.82. The lowest BCUT2D eigenvalue weighted by Gasteiger charge is -2.26. The summed E-state index contributed by atoms with van der Waals surface area (Å²) in [6.45, 7) is 0. The summed E-state index contributed by atoms with van der Waals surface area (Å²) < 4.78 is 11.6. The number of benzene rings is 8. The van der Waals surface area contributed by atoms with Gasteiger partial charge in [0, 0.05) is 67.8 Å². The Labute approximate surface area is 323 Å². The number of nitrogens with one attached hydrogen (secondary N) is 1. The zero-order chi connectivity index (χ0) is 36.0. The number of aliphatic imine (C=N–C) groups is 2. The van der Waals surface area contributed by atoms with Gasteiger partial charge in [-0.3, -0.25) is 0 Å². The van der Waals surface area contributed by atoms with Crippen LogP contribution in [0, 0.1) is 0 Å². The molecule has 1 aliphatic rings. The summed E-state index contributed by atoms with van der Waals surface area (Å²) in [5.41, 5.74) is 7.05. The van der Waals surface area contributed by atoms with E-state index < -0.39 is 6.17 Å². The van der Waals surface area contributed by atoms with Gasteiger partial charge < -0.3 is 9.73 Å². The molecule has 1 aliphatic heterocycles. The van der Waals surface area contributed by atoms with Crippen molar-refractivity contribution in [1.29, 1.82) is 0 Å². The lowest BCUT2D eigenvalue weighted by Crippen LogP contribution is -2.34. The van der Waals surface area contributed by atoms with Crippen molar-refractivity contribution in [1.82, 2.24) is 5.32 Å². The van der Waals surface area contributed by atoms with Gasteiger partial charge in [0.25, 0.3) is 0 Å². The third-order valence-electron chi connectivity index (χ3n) is 11.0. The number of para-hydroxylation sites is 1. The van der Waals surface area contributed by atoms with Gasteiger partial charge >= 0.3 is 0 Å². The number of hydrogen-bond donors (Lipinski definition) is 1. The summed E-state index contributed by atoms with van der Waals surface area (Å²) in [5, 5.41) is 13.4. The van der Waals surface area contributed by atoms with Crippen LogP contribution >= 0.6 is 22.7 Å². The summed E-state index contributed by atoms with van der Waals surface area (Å²) in [4.78, 5) is 10.9. The van der Waals surface area contributed by atoms with Crippen LogP contribution in [0.5, 0.6) is 0 Å². The summed E-state index contributed by atoms with van der Waals surface area (Å²) in [6, 6.07) is 58.4. The summed E-state index contributed by atoms with van der Waals surface area (Å²) in [5.74, 6) is 1.48. The Balaban J connectivity index is 1.14. The topological polar surface area (TPSA) is 49.9 Å². The van der Waals surface area contributed by atoms with Crippen LogP contribution in [0.1, 0.15) is 22.9 Å². The highest BCUT2D eigenvalue weighted by molar-refractivity contribution is 7.26. The zero-order valence-electron chi connectivity index (χ0n) is 29.3. The summed E-state index contributed by atoms with van der Waals surface area (Å²) in [7, 11) is 0. The molecule has 8 aromatic carbocycles. The smallest absolute Gasteiger partial charge is 0.159 e. The Morgan fingerprint density at radius 1 is 0.473 bits per heavy atom. The summed E-state index contributed by atoms with van der Waals surface area (Å²) >= 11 is 3.66. The van der Waals surface area contributed by atoms with Gasteiger partial charge in [-0.05, 0) is 76.5 Å². The van der Waals surface area contributed by atoms with Gasteiger partial charge in [-0.25, -0.2) is 9.98 Å². The molecule has 1 unspecified atom stereocenters. The summed E-state index contributed by atoms with van der Waals surface area (Å²) in [6.07, 6.45) is -0.483. The molecule has 4 nitrogen and oxygen atoms in total. The van der Waals surface area contributed by atoms with E-state index in [2.05, 4.69) is 163 Å². The standard InChI is InChI=1S/C49H29N3OS2/c1-2-11-29-26-30(21-20-28(29)10-1)47-50-48(31-22-25-42-37(27-31)32-12-4-7-17-40(32)54-42)52-49(51-47)46-34(23-24-39-45(46)35-13-3-6-16-38(35)53-39)33-15-9-19-43-44(33)36-14-5-8-18-41(36)55-43/h1-27,49H,(H,50,51,52). The average Bonchev–Trinajstić information content (AvgIpc) is 3.94. The maximum absolute atomic E-state index is 6.57. The molecule has 0 spiro atoms. The number of thiophene rings is 2. The lowest BCUT2D eigenvalue weighted by molar-refractivity contribution is 0.663. The van der Waals surface area contributed by atoms with Crippen molar-refractivity contribution in [3.8, 4) is 11.1 Å². The highest BCUT2D eigenvalue weighted by Crippen LogP contribution is 2.46. The van der Waals surface area contributed by atoms with Gasteiger partial charge in [0.15, 0.2) is 5.84 Å². The van der Waals surface area contributed by atoms with Crippen molar-refractivity contribution < 1.29 is 4.42 Å². The van der Waals surface area contributed by atoms with Crippen LogP contribution in [-0.2, 0) is 0 Å². The molecule has 55 heavy (non-hydrogen) atoms. The van der Waals surface area contributed by atoms with E-state index in [-0.39, 0.29) is 0 Å². The molecular formula is C49H29N3OS2. The van der Waals surface area contributed by atoms with E-state index >= 15 is 0 Å².